The highest BCUT2D eigenvalue weighted by Crippen LogP contribution is 2.23. The molecule has 1 N–H and O–H groups in total. The van der Waals surface area contributed by atoms with Crippen molar-refractivity contribution in [2.24, 2.45) is 0 Å². The van der Waals surface area contributed by atoms with E-state index in [9.17, 15) is 14.4 Å². The van der Waals surface area contributed by atoms with Gasteiger partial charge in [-0.3, -0.25) is 14.4 Å². The van der Waals surface area contributed by atoms with Gasteiger partial charge in [0.2, 0.25) is 5.91 Å². The first-order valence-electron chi connectivity index (χ1n) is 9.86. The third-order valence-electron chi connectivity index (χ3n) is 5.41. The molecule has 0 spiro atoms. The minimum atomic E-state index is -0.191. The maximum absolute atomic E-state index is 12.5. The molecule has 1 aliphatic rings. The summed E-state index contributed by atoms with van der Waals surface area (Å²) < 4.78 is 0.582. The fourth-order valence-electron chi connectivity index (χ4n) is 3.77. The number of nitrogens with one attached hydrogen (secondary N) is 1. The number of thiophene rings is 1. The minimum Gasteiger partial charge on any atom is -0.338 e. The van der Waals surface area contributed by atoms with Gasteiger partial charge >= 0.3 is 0 Å². The van der Waals surface area contributed by atoms with E-state index in [4.69, 9.17) is 0 Å². The largest absolute Gasteiger partial charge is 0.338 e. The van der Waals surface area contributed by atoms with Crippen molar-refractivity contribution in [3.63, 3.8) is 0 Å². The number of aromatic nitrogens is 2. The second-order valence-electron chi connectivity index (χ2n) is 7.51. The number of ketones is 1. The van der Waals surface area contributed by atoms with Crippen molar-refractivity contribution < 1.29 is 9.59 Å². The molecule has 0 radical (unpaired) electrons. The average Bonchev–Trinajstić information content (AvgIpc) is 3.20. The number of carbonyl (C=O) groups excluding carboxylic acids is 2. The lowest BCUT2D eigenvalue weighted by Gasteiger charge is -2.17. The Morgan fingerprint density at radius 1 is 1.14 bits per heavy atom. The number of benzene rings is 1. The predicted molar refractivity (Wildman–Crippen MR) is 113 cm³/mol. The molecule has 0 fully saturated rings. The molecule has 6 nitrogen and oxygen atoms in total. The summed E-state index contributed by atoms with van der Waals surface area (Å²) in [6.07, 6.45) is 4.80. The molecule has 29 heavy (non-hydrogen) atoms. The Kier molecular flexibility index (Phi) is 5.58. The monoisotopic (exact) mass is 409 g/mol. The number of carbonyl (C=O) groups is 2. The molecule has 1 aromatic carbocycles. The van der Waals surface area contributed by atoms with Crippen molar-refractivity contribution in [2.45, 2.75) is 45.1 Å². The van der Waals surface area contributed by atoms with Crippen molar-refractivity contribution in [2.75, 3.05) is 7.05 Å². The Bertz CT molecular complexity index is 1130. The van der Waals surface area contributed by atoms with Crippen LogP contribution in [-0.4, -0.2) is 33.6 Å². The van der Waals surface area contributed by atoms with Crippen molar-refractivity contribution in [1.29, 1.82) is 0 Å². The van der Waals surface area contributed by atoms with Crippen LogP contribution in [0.5, 0.6) is 0 Å². The Morgan fingerprint density at radius 2 is 1.93 bits per heavy atom. The van der Waals surface area contributed by atoms with Gasteiger partial charge in [-0.2, -0.15) is 0 Å². The van der Waals surface area contributed by atoms with Crippen LogP contribution in [0, 0.1) is 0 Å². The molecule has 4 rings (SSSR count). The second-order valence-corrected chi connectivity index (χ2v) is 8.43. The third kappa shape index (κ3) is 4.29. The first kappa shape index (κ1) is 19.5. The van der Waals surface area contributed by atoms with Gasteiger partial charge in [0.15, 0.2) is 5.78 Å². The topological polar surface area (TPSA) is 83.1 Å². The molecule has 0 aliphatic heterocycles. The Balaban J connectivity index is 1.36. The van der Waals surface area contributed by atoms with Gasteiger partial charge in [0.25, 0.3) is 5.56 Å². The van der Waals surface area contributed by atoms with Gasteiger partial charge in [0.05, 0.1) is 12.1 Å². The molecular weight excluding hydrogens is 386 g/mol. The van der Waals surface area contributed by atoms with Crippen molar-refractivity contribution in [1.82, 2.24) is 14.9 Å². The van der Waals surface area contributed by atoms with Crippen LogP contribution in [0.4, 0.5) is 0 Å². The summed E-state index contributed by atoms with van der Waals surface area (Å²) >= 11 is 1.34. The maximum Gasteiger partial charge on any atom is 0.268 e. The number of amides is 1. The highest BCUT2D eigenvalue weighted by molar-refractivity contribution is 7.17. The van der Waals surface area contributed by atoms with Gasteiger partial charge in [0.1, 0.15) is 10.5 Å². The number of rotatable bonds is 6. The second kappa shape index (κ2) is 8.29. The van der Waals surface area contributed by atoms with Crippen LogP contribution in [0.1, 0.15) is 53.0 Å². The summed E-state index contributed by atoms with van der Waals surface area (Å²) in [6.45, 7) is 0.201. The molecule has 1 amide bonds. The number of hydrogen-bond donors (Lipinski definition) is 1. The van der Waals surface area contributed by atoms with Crippen LogP contribution in [0.25, 0.3) is 10.2 Å². The number of nitrogens with zero attached hydrogens (tertiary/aromatic N) is 2. The summed E-state index contributed by atoms with van der Waals surface area (Å²) in [7, 11) is 1.66. The SMILES string of the molecule is CN(Cc1nc2ccsc2c(=O)[nH]1)C(=O)CCC(=O)c1ccc2c(c1)CCCC2. The van der Waals surface area contributed by atoms with E-state index in [0.717, 1.165) is 12.8 Å². The molecule has 0 bridgehead atoms. The maximum atomic E-state index is 12.5. The first-order chi connectivity index (χ1) is 14.0. The molecule has 150 valence electrons. The predicted octanol–water partition coefficient (Wildman–Crippen LogP) is 3.48. The van der Waals surface area contributed by atoms with Gasteiger partial charge in [-0.05, 0) is 54.3 Å². The van der Waals surface area contributed by atoms with E-state index in [-0.39, 0.29) is 36.6 Å². The third-order valence-corrected chi connectivity index (χ3v) is 6.32. The van der Waals surface area contributed by atoms with Gasteiger partial charge in [-0.1, -0.05) is 12.1 Å². The fraction of sp³-hybridized carbons (Fsp3) is 0.364. The zero-order valence-electron chi connectivity index (χ0n) is 16.4. The van der Waals surface area contributed by atoms with Crippen LogP contribution < -0.4 is 5.56 Å². The highest BCUT2D eigenvalue weighted by Gasteiger charge is 2.16. The quantitative estimate of drug-likeness (QED) is 0.632. The van der Waals surface area contributed by atoms with E-state index in [0.29, 0.717) is 21.6 Å². The van der Waals surface area contributed by atoms with E-state index >= 15 is 0 Å². The van der Waals surface area contributed by atoms with Crippen LogP contribution in [0.3, 0.4) is 0 Å². The fourth-order valence-corrected chi connectivity index (χ4v) is 4.50. The smallest absolute Gasteiger partial charge is 0.268 e. The van der Waals surface area contributed by atoms with E-state index in [2.05, 4.69) is 16.0 Å². The molecule has 0 atom stereocenters. The summed E-state index contributed by atoms with van der Waals surface area (Å²) in [5, 5.41) is 1.82. The zero-order valence-corrected chi connectivity index (χ0v) is 17.2. The molecule has 3 aromatic rings. The summed E-state index contributed by atoms with van der Waals surface area (Å²) in [5.74, 6) is 0.286. The van der Waals surface area contributed by atoms with Gasteiger partial charge < -0.3 is 9.88 Å². The van der Waals surface area contributed by atoms with Gasteiger partial charge in [-0.15, -0.1) is 11.3 Å². The lowest BCUT2D eigenvalue weighted by Crippen LogP contribution is -2.28. The van der Waals surface area contributed by atoms with Crippen LogP contribution in [0.2, 0.25) is 0 Å². The van der Waals surface area contributed by atoms with E-state index < -0.39 is 0 Å². The lowest BCUT2D eigenvalue weighted by atomic mass is 9.89. The Hall–Kier alpha value is -2.80. The van der Waals surface area contributed by atoms with E-state index in [1.807, 2.05) is 17.5 Å². The van der Waals surface area contributed by atoms with Gasteiger partial charge in [-0.25, -0.2) is 4.98 Å². The molecule has 2 aromatic heterocycles. The lowest BCUT2D eigenvalue weighted by molar-refractivity contribution is -0.130. The van der Waals surface area contributed by atoms with Crippen molar-refractivity contribution in [3.8, 4) is 0 Å². The molecule has 2 heterocycles. The van der Waals surface area contributed by atoms with E-state index in [1.54, 1.807) is 13.1 Å². The number of aryl methyl sites for hydroxylation is 2. The number of hydrogen-bond acceptors (Lipinski definition) is 5. The number of aromatic amines is 1. The normalized spacial score (nSPS) is 13.3. The Labute approximate surface area is 172 Å². The number of H-pyrrole nitrogens is 1. The highest BCUT2D eigenvalue weighted by atomic mass is 32.1. The molecule has 7 heteroatoms. The molecule has 0 saturated heterocycles. The zero-order chi connectivity index (χ0) is 20.4. The Morgan fingerprint density at radius 3 is 2.76 bits per heavy atom. The number of Topliss-reactive ketones (excluding diaryl/α,β-unsaturated/α-hetero) is 1. The summed E-state index contributed by atoms with van der Waals surface area (Å²) in [4.78, 5) is 45.7. The van der Waals surface area contributed by atoms with Gasteiger partial charge in [0, 0.05) is 25.5 Å². The standard InChI is InChI=1S/C22H23N3O3S/c1-25(13-19-23-17-10-11-29-21(17)22(28)24-19)20(27)9-8-18(26)16-7-6-14-4-2-3-5-15(14)12-16/h6-7,10-12H,2-5,8-9,13H2,1H3,(H,23,24,28). The first-order valence-corrected chi connectivity index (χ1v) is 10.7. The van der Waals surface area contributed by atoms with Crippen LogP contribution in [-0.2, 0) is 24.2 Å². The van der Waals surface area contributed by atoms with Crippen molar-refractivity contribution >= 4 is 33.2 Å². The molecule has 1 aliphatic carbocycles. The number of fused-ring (bicyclic) bond motifs is 2. The summed E-state index contributed by atoms with van der Waals surface area (Å²) in [6, 6.07) is 7.72. The van der Waals surface area contributed by atoms with E-state index in [1.165, 1.54) is 40.2 Å². The molecule has 0 unspecified atom stereocenters. The summed E-state index contributed by atoms with van der Waals surface area (Å²) in [5.41, 5.74) is 3.74. The van der Waals surface area contributed by atoms with Crippen LogP contribution >= 0.6 is 11.3 Å². The average molecular weight is 410 g/mol. The van der Waals surface area contributed by atoms with Crippen LogP contribution in [0.15, 0.2) is 34.4 Å². The van der Waals surface area contributed by atoms with Crippen molar-refractivity contribution in [3.05, 3.63) is 62.5 Å². The molecular formula is C22H23N3O3S. The molecule has 0 saturated carbocycles. The minimum absolute atomic E-state index is 0.00801.